The van der Waals surface area contributed by atoms with E-state index in [4.69, 9.17) is 4.42 Å². The molecule has 3 rings (SSSR count). The number of furan rings is 1. The van der Waals surface area contributed by atoms with E-state index >= 15 is 0 Å². The molecule has 2 saturated heterocycles. The average Bonchev–Trinajstić information content (AvgIpc) is 3.02. The lowest BCUT2D eigenvalue weighted by Crippen LogP contribution is -1.81. The first-order valence-corrected chi connectivity index (χ1v) is 9.19. The van der Waals surface area contributed by atoms with Gasteiger partial charge in [-0.05, 0) is 12.1 Å². The Balaban J connectivity index is 1.74. The largest absolute Gasteiger partial charge is 0.462 e. The molecule has 0 bridgehead atoms. The highest BCUT2D eigenvalue weighted by molar-refractivity contribution is 8.19. The van der Waals surface area contributed by atoms with E-state index in [-0.39, 0.29) is 0 Å². The quantitative estimate of drug-likeness (QED) is 0.799. The van der Waals surface area contributed by atoms with Gasteiger partial charge in [0.1, 0.15) is 20.7 Å². The molecule has 2 aliphatic rings. The van der Waals surface area contributed by atoms with Crippen LogP contribution in [0.15, 0.2) is 16.5 Å². The Kier molecular flexibility index (Phi) is 3.53. The average molecular weight is 276 g/mol. The van der Waals surface area contributed by atoms with Crippen molar-refractivity contribution in [3.63, 3.8) is 0 Å². The molecule has 3 heterocycles. The maximum absolute atomic E-state index is 5.97. The van der Waals surface area contributed by atoms with Crippen molar-refractivity contribution in [1.82, 2.24) is 0 Å². The van der Waals surface area contributed by atoms with Crippen molar-refractivity contribution in [3.8, 4) is 0 Å². The Hall–Kier alpha value is 0.680. The van der Waals surface area contributed by atoms with E-state index in [1.54, 1.807) is 0 Å². The minimum Gasteiger partial charge on any atom is -0.462 e. The van der Waals surface area contributed by atoms with Gasteiger partial charge >= 0.3 is 0 Å². The van der Waals surface area contributed by atoms with Crippen LogP contribution in [-0.2, 0) is 0 Å². The van der Waals surface area contributed by atoms with E-state index in [0.717, 1.165) is 0 Å². The van der Waals surface area contributed by atoms with Crippen LogP contribution in [0.2, 0.25) is 0 Å². The molecule has 0 N–H and O–H groups in total. The predicted molar refractivity (Wildman–Crippen MR) is 74.0 cm³/mol. The molecule has 1 nitrogen and oxygen atoms in total. The van der Waals surface area contributed by atoms with E-state index in [9.17, 15) is 0 Å². The Bertz CT molecular complexity index is 295. The van der Waals surface area contributed by atoms with E-state index in [1.165, 1.54) is 34.5 Å². The number of thioether (sulfide) groups is 4. The van der Waals surface area contributed by atoms with Gasteiger partial charge < -0.3 is 4.42 Å². The van der Waals surface area contributed by atoms with Crippen molar-refractivity contribution in [2.24, 2.45) is 0 Å². The zero-order chi connectivity index (χ0) is 10.1. The lowest BCUT2D eigenvalue weighted by Gasteiger charge is -2.05. The Labute approximate surface area is 107 Å². The van der Waals surface area contributed by atoms with Crippen LogP contribution in [0, 0.1) is 0 Å². The summed E-state index contributed by atoms with van der Waals surface area (Å²) >= 11 is 8.03. The molecule has 0 aliphatic carbocycles. The second-order valence-corrected chi connectivity index (χ2v) is 8.84. The number of hydrogen-bond acceptors (Lipinski definition) is 5. The minimum atomic E-state index is 0.551. The second kappa shape index (κ2) is 4.90. The van der Waals surface area contributed by atoms with Crippen LogP contribution in [0.5, 0.6) is 0 Å². The summed E-state index contributed by atoms with van der Waals surface area (Å²) in [6, 6.07) is 4.34. The predicted octanol–water partition coefficient (Wildman–Crippen LogP) is 4.24. The molecule has 0 aromatic carbocycles. The van der Waals surface area contributed by atoms with E-state index in [0.29, 0.717) is 9.16 Å². The maximum Gasteiger partial charge on any atom is 0.127 e. The fraction of sp³-hybridized carbons (Fsp3) is 0.600. The Morgan fingerprint density at radius 2 is 1.20 bits per heavy atom. The van der Waals surface area contributed by atoms with Gasteiger partial charge in [0, 0.05) is 23.0 Å². The van der Waals surface area contributed by atoms with Crippen LogP contribution in [0.3, 0.4) is 0 Å². The maximum atomic E-state index is 5.97. The van der Waals surface area contributed by atoms with Crippen molar-refractivity contribution < 1.29 is 4.42 Å². The van der Waals surface area contributed by atoms with Gasteiger partial charge in [-0.1, -0.05) is 0 Å². The normalized spacial score (nSPS) is 24.0. The van der Waals surface area contributed by atoms with Crippen molar-refractivity contribution in [2.45, 2.75) is 9.16 Å². The first-order valence-electron chi connectivity index (χ1n) is 4.99. The third-order valence-corrected chi connectivity index (χ3v) is 8.41. The van der Waals surface area contributed by atoms with Gasteiger partial charge in [0.25, 0.3) is 0 Å². The highest BCUT2D eigenvalue weighted by Crippen LogP contribution is 2.49. The molecule has 0 atom stereocenters. The molecule has 2 fully saturated rings. The summed E-state index contributed by atoms with van der Waals surface area (Å²) < 4.78 is 7.07. The molecule has 0 saturated carbocycles. The van der Waals surface area contributed by atoms with Crippen LogP contribution in [0.4, 0.5) is 0 Å². The Morgan fingerprint density at radius 3 is 1.60 bits per heavy atom. The van der Waals surface area contributed by atoms with E-state index in [1.807, 2.05) is 47.0 Å². The summed E-state index contributed by atoms with van der Waals surface area (Å²) in [5, 5.41) is 0. The summed E-state index contributed by atoms with van der Waals surface area (Å²) in [7, 11) is 0. The lowest BCUT2D eigenvalue weighted by molar-refractivity contribution is 0.495. The molecule has 0 unspecified atom stereocenters. The van der Waals surface area contributed by atoms with Gasteiger partial charge in [-0.15, -0.1) is 47.0 Å². The topological polar surface area (TPSA) is 13.1 Å². The molecule has 1 aromatic rings. The van der Waals surface area contributed by atoms with Crippen LogP contribution in [-0.4, -0.2) is 23.0 Å². The zero-order valence-electron chi connectivity index (χ0n) is 8.18. The zero-order valence-corrected chi connectivity index (χ0v) is 11.4. The van der Waals surface area contributed by atoms with Crippen LogP contribution in [0.1, 0.15) is 20.7 Å². The van der Waals surface area contributed by atoms with Crippen molar-refractivity contribution in [2.75, 3.05) is 23.0 Å². The first-order chi connectivity index (χ1) is 7.43. The smallest absolute Gasteiger partial charge is 0.127 e. The van der Waals surface area contributed by atoms with E-state index < -0.39 is 0 Å². The van der Waals surface area contributed by atoms with Crippen LogP contribution >= 0.6 is 47.0 Å². The van der Waals surface area contributed by atoms with Crippen LogP contribution < -0.4 is 0 Å². The molecule has 0 amide bonds. The van der Waals surface area contributed by atoms with Gasteiger partial charge in [-0.3, -0.25) is 0 Å². The second-order valence-electron chi connectivity index (χ2n) is 3.39. The van der Waals surface area contributed by atoms with E-state index in [2.05, 4.69) is 12.1 Å². The fourth-order valence-corrected chi connectivity index (χ4v) is 7.15. The molecule has 2 aliphatic heterocycles. The molecule has 82 valence electrons. The van der Waals surface area contributed by atoms with Crippen molar-refractivity contribution >= 4 is 47.0 Å². The lowest BCUT2D eigenvalue weighted by atomic mass is 10.4. The van der Waals surface area contributed by atoms with Crippen molar-refractivity contribution in [1.29, 1.82) is 0 Å². The van der Waals surface area contributed by atoms with Gasteiger partial charge in [0.05, 0.1) is 0 Å². The monoisotopic (exact) mass is 276 g/mol. The molecule has 1 aromatic heterocycles. The van der Waals surface area contributed by atoms with Crippen molar-refractivity contribution in [3.05, 3.63) is 23.7 Å². The highest BCUT2D eigenvalue weighted by Gasteiger charge is 2.25. The summed E-state index contributed by atoms with van der Waals surface area (Å²) in [6.45, 7) is 0. The highest BCUT2D eigenvalue weighted by atomic mass is 32.2. The van der Waals surface area contributed by atoms with Crippen LogP contribution in [0.25, 0.3) is 0 Å². The third kappa shape index (κ3) is 2.35. The molecule has 0 radical (unpaired) electrons. The Morgan fingerprint density at radius 1 is 0.800 bits per heavy atom. The van der Waals surface area contributed by atoms with Gasteiger partial charge in [0.15, 0.2) is 0 Å². The molecule has 5 heteroatoms. The summed E-state index contributed by atoms with van der Waals surface area (Å²) in [5.41, 5.74) is 0. The SMILES string of the molecule is c1cc(C2SCCS2)oc1C1SCCS1. The molecular formula is C10H12OS4. The van der Waals surface area contributed by atoms with Gasteiger partial charge in [0.2, 0.25) is 0 Å². The molecule has 0 spiro atoms. The summed E-state index contributed by atoms with van der Waals surface area (Å²) in [6.07, 6.45) is 0. The molecule has 15 heavy (non-hydrogen) atoms. The standard InChI is InChI=1S/C10H12OS4/c1-2-8(10-14-5-6-15-10)11-7(1)9-12-3-4-13-9/h1-2,9-10H,3-6H2. The number of rotatable bonds is 2. The van der Waals surface area contributed by atoms with Gasteiger partial charge in [-0.25, -0.2) is 0 Å². The fourth-order valence-electron chi connectivity index (χ4n) is 1.67. The first kappa shape index (κ1) is 10.8. The minimum absolute atomic E-state index is 0.551. The summed E-state index contributed by atoms with van der Waals surface area (Å²) in [5.74, 6) is 7.39. The summed E-state index contributed by atoms with van der Waals surface area (Å²) in [4.78, 5) is 0. The third-order valence-electron chi connectivity index (χ3n) is 2.36. The van der Waals surface area contributed by atoms with Gasteiger partial charge in [-0.2, -0.15) is 0 Å². The number of hydrogen-bond donors (Lipinski definition) is 0. The molecular weight excluding hydrogens is 264 g/mol.